The number of hydrogen-bond donors (Lipinski definition) is 3. The highest BCUT2D eigenvalue weighted by Crippen LogP contribution is 2.39. The number of H-pyrrole nitrogens is 1. The average Bonchev–Trinajstić information content (AvgIpc) is 3.12. The van der Waals surface area contributed by atoms with Crippen molar-refractivity contribution in [1.82, 2.24) is 24.9 Å². The third-order valence-corrected chi connectivity index (χ3v) is 5.24. The van der Waals surface area contributed by atoms with Gasteiger partial charge in [0.15, 0.2) is 5.75 Å². The Labute approximate surface area is 186 Å². The highest BCUT2D eigenvalue weighted by Gasteiger charge is 2.20. The SMILES string of the molecule is CNc1cc(F)cc2c1[nH]c1nc(Oc3cnc(C)nc3)nc(-c3ccc(Cl)cc3N)c12. The number of nitrogens with two attached hydrogens (primary N) is 1. The van der Waals surface area contributed by atoms with E-state index in [-0.39, 0.29) is 6.01 Å². The minimum Gasteiger partial charge on any atom is -0.421 e. The lowest BCUT2D eigenvalue weighted by Crippen LogP contribution is -1.99. The maximum atomic E-state index is 14.4. The van der Waals surface area contributed by atoms with Crippen LogP contribution >= 0.6 is 11.6 Å². The smallest absolute Gasteiger partial charge is 0.324 e. The van der Waals surface area contributed by atoms with Crippen LogP contribution in [0.2, 0.25) is 5.02 Å². The summed E-state index contributed by atoms with van der Waals surface area (Å²) >= 11 is 6.09. The molecule has 3 aromatic heterocycles. The van der Waals surface area contributed by atoms with E-state index in [1.807, 2.05) is 0 Å². The Morgan fingerprint density at radius 2 is 1.91 bits per heavy atom. The van der Waals surface area contributed by atoms with Crippen LogP contribution in [0, 0.1) is 12.7 Å². The molecular weight excluding hydrogens is 433 g/mol. The molecule has 0 saturated carbocycles. The van der Waals surface area contributed by atoms with Gasteiger partial charge in [-0.3, -0.25) is 0 Å². The van der Waals surface area contributed by atoms with E-state index in [1.165, 1.54) is 24.5 Å². The molecule has 2 aromatic carbocycles. The number of benzene rings is 2. The molecule has 0 radical (unpaired) electrons. The van der Waals surface area contributed by atoms with Gasteiger partial charge in [0, 0.05) is 28.7 Å². The number of rotatable bonds is 4. The number of hydrogen-bond acceptors (Lipinski definition) is 7. The Balaban J connectivity index is 1.81. The molecule has 5 rings (SSSR count). The van der Waals surface area contributed by atoms with Crippen LogP contribution in [0.15, 0.2) is 42.7 Å². The van der Waals surface area contributed by atoms with Crippen LogP contribution in [-0.2, 0) is 0 Å². The maximum absolute atomic E-state index is 14.4. The monoisotopic (exact) mass is 449 g/mol. The molecule has 0 unspecified atom stereocenters. The van der Waals surface area contributed by atoms with Crippen LogP contribution in [0.1, 0.15) is 5.82 Å². The molecule has 0 atom stereocenters. The number of nitrogen functional groups attached to an aromatic ring is 1. The molecule has 5 aromatic rings. The molecule has 32 heavy (non-hydrogen) atoms. The molecule has 3 heterocycles. The lowest BCUT2D eigenvalue weighted by atomic mass is 10.0. The summed E-state index contributed by atoms with van der Waals surface area (Å²) in [5, 5.41) is 4.71. The van der Waals surface area contributed by atoms with Crippen LogP contribution in [-0.4, -0.2) is 32.0 Å². The molecule has 160 valence electrons. The molecule has 0 spiro atoms. The normalized spacial score (nSPS) is 11.2. The number of halogens is 2. The van der Waals surface area contributed by atoms with Crippen molar-refractivity contribution in [3.8, 4) is 23.0 Å². The van der Waals surface area contributed by atoms with Crippen molar-refractivity contribution in [1.29, 1.82) is 0 Å². The van der Waals surface area contributed by atoms with Gasteiger partial charge in [0.1, 0.15) is 17.3 Å². The topological polar surface area (TPSA) is 115 Å². The first-order valence-corrected chi connectivity index (χ1v) is 10.0. The molecule has 0 aliphatic heterocycles. The average molecular weight is 450 g/mol. The minimum atomic E-state index is -0.394. The van der Waals surface area contributed by atoms with Crippen molar-refractivity contribution in [3.05, 3.63) is 59.4 Å². The number of aryl methyl sites for hydroxylation is 1. The molecule has 8 nitrogen and oxygen atoms in total. The van der Waals surface area contributed by atoms with Crippen molar-refractivity contribution in [2.24, 2.45) is 0 Å². The van der Waals surface area contributed by atoms with E-state index >= 15 is 0 Å². The Bertz CT molecular complexity index is 1480. The Kier molecular flexibility index (Phi) is 4.75. The van der Waals surface area contributed by atoms with Crippen molar-refractivity contribution in [2.75, 3.05) is 18.1 Å². The fraction of sp³-hybridized carbons (Fsp3) is 0.0909. The highest BCUT2D eigenvalue weighted by molar-refractivity contribution is 6.31. The highest BCUT2D eigenvalue weighted by atomic mass is 35.5. The van der Waals surface area contributed by atoms with E-state index < -0.39 is 5.82 Å². The van der Waals surface area contributed by atoms with E-state index in [9.17, 15) is 4.39 Å². The third kappa shape index (κ3) is 3.42. The van der Waals surface area contributed by atoms with E-state index in [0.29, 0.717) is 61.2 Å². The van der Waals surface area contributed by atoms with Crippen LogP contribution < -0.4 is 15.8 Å². The largest absolute Gasteiger partial charge is 0.421 e. The number of nitrogens with one attached hydrogen (secondary N) is 2. The summed E-state index contributed by atoms with van der Waals surface area (Å²) in [5.74, 6) is 0.596. The summed E-state index contributed by atoms with van der Waals surface area (Å²) in [6, 6.07) is 8.00. The summed E-state index contributed by atoms with van der Waals surface area (Å²) in [6.07, 6.45) is 3.07. The fourth-order valence-electron chi connectivity index (χ4n) is 3.57. The van der Waals surface area contributed by atoms with Crippen molar-refractivity contribution < 1.29 is 9.13 Å². The lowest BCUT2D eigenvalue weighted by Gasteiger charge is -2.10. The zero-order chi connectivity index (χ0) is 22.4. The van der Waals surface area contributed by atoms with Gasteiger partial charge in [-0.25, -0.2) is 14.4 Å². The van der Waals surface area contributed by atoms with Gasteiger partial charge >= 0.3 is 6.01 Å². The predicted octanol–water partition coefficient (Wildman–Crippen LogP) is 5.09. The first-order chi connectivity index (χ1) is 15.4. The standard InChI is InChI=1S/C22H17ClFN7O/c1-10-27-8-13(9-28-10)32-22-30-20(14-4-3-11(23)5-16(14)25)18-15-6-12(24)7-17(26-2)19(15)29-21(18)31-22/h3-9,26H,25H2,1-2H3,(H,29,30,31). The van der Waals surface area contributed by atoms with E-state index in [4.69, 9.17) is 22.1 Å². The van der Waals surface area contributed by atoms with E-state index in [1.54, 1.807) is 32.2 Å². The Morgan fingerprint density at radius 1 is 1.12 bits per heavy atom. The van der Waals surface area contributed by atoms with Crippen LogP contribution in [0.25, 0.3) is 33.2 Å². The molecule has 10 heteroatoms. The number of aromatic amines is 1. The van der Waals surface area contributed by atoms with Crippen molar-refractivity contribution in [3.63, 3.8) is 0 Å². The van der Waals surface area contributed by atoms with Gasteiger partial charge in [-0.15, -0.1) is 0 Å². The number of aromatic nitrogens is 5. The molecule has 0 bridgehead atoms. The Hall–Kier alpha value is -3.98. The zero-order valence-corrected chi connectivity index (χ0v) is 17.8. The van der Waals surface area contributed by atoms with Gasteiger partial charge in [-0.2, -0.15) is 9.97 Å². The van der Waals surface area contributed by atoms with E-state index in [0.717, 1.165) is 0 Å². The molecule has 0 aliphatic carbocycles. The maximum Gasteiger partial charge on any atom is 0.324 e. The van der Waals surface area contributed by atoms with Gasteiger partial charge in [0.2, 0.25) is 0 Å². The number of anilines is 2. The summed E-state index contributed by atoms with van der Waals surface area (Å²) in [6.45, 7) is 1.77. The first kappa shape index (κ1) is 20.0. The second kappa shape index (κ2) is 7.61. The molecular formula is C22H17ClFN7O. The summed E-state index contributed by atoms with van der Waals surface area (Å²) < 4.78 is 20.2. The van der Waals surface area contributed by atoms with E-state index in [2.05, 4.69) is 30.2 Å². The van der Waals surface area contributed by atoms with Crippen LogP contribution in [0.4, 0.5) is 15.8 Å². The summed E-state index contributed by atoms with van der Waals surface area (Å²) in [5.41, 5.74) is 9.50. The van der Waals surface area contributed by atoms with Crippen molar-refractivity contribution >= 4 is 44.9 Å². The molecule has 0 saturated heterocycles. The quantitative estimate of drug-likeness (QED) is 0.327. The van der Waals surface area contributed by atoms with Crippen LogP contribution in [0.5, 0.6) is 11.8 Å². The molecule has 4 N–H and O–H groups in total. The minimum absolute atomic E-state index is 0.0624. The second-order valence-corrected chi connectivity index (χ2v) is 7.57. The van der Waals surface area contributed by atoms with Gasteiger partial charge in [0.25, 0.3) is 0 Å². The van der Waals surface area contributed by atoms with Gasteiger partial charge in [-0.1, -0.05) is 11.6 Å². The zero-order valence-electron chi connectivity index (χ0n) is 17.1. The fourth-order valence-corrected chi connectivity index (χ4v) is 3.75. The molecule has 0 amide bonds. The van der Waals surface area contributed by atoms with Gasteiger partial charge in [-0.05, 0) is 37.3 Å². The van der Waals surface area contributed by atoms with Gasteiger partial charge < -0.3 is 20.8 Å². The Morgan fingerprint density at radius 3 is 2.62 bits per heavy atom. The summed E-state index contributed by atoms with van der Waals surface area (Å²) in [7, 11) is 1.72. The molecule has 0 fully saturated rings. The van der Waals surface area contributed by atoms with Crippen molar-refractivity contribution in [2.45, 2.75) is 6.92 Å². The molecule has 0 aliphatic rings. The number of fused-ring (bicyclic) bond motifs is 3. The first-order valence-electron chi connectivity index (χ1n) is 9.65. The second-order valence-electron chi connectivity index (χ2n) is 7.13. The van der Waals surface area contributed by atoms with Gasteiger partial charge in [0.05, 0.1) is 34.7 Å². The third-order valence-electron chi connectivity index (χ3n) is 5.01. The van der Waals surface area contributed by atoms with Crippen LogP contribution in [0.3, 0.4) is 0 Å². The number of ether oxygens (including phenoxy) is 1. The summed E-state index contributed by atoms with van der Waals surface area (Å²) in [4.78, 5) is 20.6. The number of nitrogens with zero attached hydrogens (tertiary/aromatic N) is 4. The predicted molar refractivity (Wildman–Crippen MR) is 123 cm³/mol. The lowest BCUT2D eigenvalue weighted by molar-refractivity contribution is 0.440.